The highest BCUT2D eigenvalue weighted by molar-refractivity contribution is 6.08. The monoisotopic (exact) mass is 532 g/mol. The van der Waals surface area contributed by atoms with Crippen LogP contribution >= 0.6 is 0 Å². The van der Waals surface area contributed by atoms with Gasteiger partial charge in [-0.05, 0) is 56.3 Å². The van der Waals surface area contributed by atoms with Crippen molar-refractivity contribution in [1.29, 1.82) is 0 Å². The first kappa shape index (κ1) is 27.6. The summed E-state index contributed by atoms with van der Waals surface area (Å²) in [5.41, 5.74) is 3.28. The number of nitrogens with zero attached hydrogens (tertiary/aromatic N) is 2. The number of hydrogen-bond acceptors (Lipinski definition) is 7. The van der Waals surface area contributed by atoms with Gasteiger partial charge in [-0.25, -0.2) is 0 Å². The molecule has 3 aromatic rings. The summed E-state index contributed by atoms with van der Waals surface area (Å²) in [5, 5.41) is 5.90. The Kier molecular flexibility index (Phi) is 8.81. The molecule has 1 aliphatic rings. The Morgan fingerprint density at radius 3 is 2.03 bits per heavy atom. The Morgan fingerprint density at radius 1 is 0.718 bits per heavy atom. The van der Waals surface area contributed by atoms with E-state index in [2.05, 4.69) is 26.5 Å². The zero-order valence-electron chi connectivity index (χ0n) is 23.1. The largest absolute Gasteiger partial charge is 0.497 e. The SMILES string of the molecule is COc1ccc(C(=O)Nc2ccc(N3CCN(c4ccccc4OC)CC3)c(C(=O)NC(C)C)c2)c(OC)c1. The van der Waals surface area contributed by atoms with E-state index in [1.165, 1.54) is 7.11 Å². The first-order valence-electron chi connectivity index (χ1n) is 13.0. The summed E-state index contributed by atoms with van der Waals surface area (Å²) in [6.07, 6.45) is 0. The van der Waals surface area contributed by atoms with E-state index in [0.717, 1.165) is 43.3 Å². The maximum atomic E-state index is 13.3. The first-order chi connectivity index (χ1) is 18.8. The standard InChI is InChI=1S/C30H36N4O5/c1-20(2)31-30(36)24-18-21(32-29(35)23-12-11-22(37-3)19-28(23)39-5)10-13-25(24)33-14-16-34(17-15-33)26-8-6-7-9-27(26)38-4/h6-13,18-20H,14-17H2,1-5H3,(H,31,36)(H,32,35). The zero-order valence-corrected chi connectivity index (χ0v) is 23.1. The van der Waals surface area contributed by atoms with Crippen LogP contribution < -0.4 is 34.6 Å². The number of amides is 2. The van der Waals surface area contributed by atoms with Gasteiger partial charge in [0.15, 0.2) is 0 Å². The average Bonchev–Trinajstić information content (AvgIpc) is 2.96. The molecular weight excluding hydrogens is 496 g/mol. The summed E-state index contributed by atoms with van der Waals surface area (Å²) >= 11 is 0. The molecule has 0 bridgehead atoms. The number of ether oxygens (including phenoxy) is 3. The molecule has 2 amide bonds. The number of carbonyl (C=O) groups is 2. The zero-order chi connectivity index (χ0) is 27.9. The highest BCUT2D eigenvalue weighted by Crippen LogP contribution is 2.31. The van der Waals surface area contributed by atoms with Gasteiger partial charge in [-0.1, -0.05) is 12.1 Å². The second-order valence-electron chi connectivity index (χ2n) is 9.53. The Morgan fingerprint density at radius 2 is 1.38 bits per heavy atom. The number of rotatable bonds is 9. The predicted molar refractivity (Wildman–Crippen MR) is 154 cm³/mol. The Hall–Kier alpha value is -4.40. The fourth-order valence-corrected chi connectivity index (χ4v) is 4.68. The minimum absolute atomic E-state index is 0.0328. The van der Waals surface area contributed by atoms with Gasteiger partial charge in [-0.3, -0.25) is 9.59 Å². The van der Waals surface area contributed by atoms with E-state index < -0.39 is 0 Å². The van der Waals surface area contributed by atoms with Gasteiger partial charge < -0.3 is 34.6 Å². The van der Waals surface area contributed by atoms with Gasteiger partial charge in [0.1, 0.15) is 17.2 Å². The molecule has 4 rings (SSSR count). The summed E-state index contributed by atoms with van der Waals surface area (Å²) in [4.78, 5) is 30.9. The third kappa shape index (κ3) is 6.37. The molecule has 1 saturated heterocycles. The van der Waals surface area contributed by atoms with Crippen LogP contribution in [-0.2, 0) is 0 Å². The molecule has 3 aromatic carbocycles. The highest BCUT2D eigenvalue weighted by Gasteiger charge is 2.24. The van der Waals surface area contributed by atoms with E-state index in [9.17, 15) is 9.59 Å². The third-order valence-corrected chi connectivity index (χ3v) is 6.62. The number of anilines is 3. The Balaban J connectivity index is 1.56. The van der Waals surface area contributed by atoms with Crippen molar-refractivity contribution >= 4 is 28.9 Å². The minimum atomic E-state index is -0.345. The van der Waals surface area contributed by atoms with Crippen LogP contribution in [0.4, 0.5) is 17.1 Å². The van der Waals surface area contributed by atoms with E-state index >= 15 is 0 Å². The quantitative estimate of drug-likeness (QED) is 0.421. The molecule has 206 valence electrons. The summed E-state index contributed by atoms with van der Waals surface area (Å²) in [6, 6.07) is 18.4. The van der Waals surface area contributed by atoms with Crippen LogP contribution in [0.2, 0.25) is 0 Å². The molecule has 9 nitrogen and oxygen atoms in total. The van der Waals surface area contributed by atoms with Crippen LogP contribution in [0.5, 0.6) is 17.2 Å². The van der Waals surface area contributed by atoms with Crippen molar-refractivity contribution < 1.29 is 23.8 Å². The van der Waals surface area contributed by atoms with E-state index in [1.807, 2.05) is 44.2 Å². The molecule has 1 heterocycles. The molecular formula is C30H36N4O5. The lowest BCUT2D eigenvalue weighted by atomic mass is 10.1. The lowest BCUT2D eigenvalue weighted by Gasteiger charge is -2.38. The second-order valence-corrected chi connectivity index (χ2v) is 9.53. The van der Waals surface area contributed by atoms with Gasteiger partial charge in [0, 0.05) is 49.7 Å². The average molecular weight is 533 g/mol. The summed E-state index contributed by atoms with van der Waals surface area (Å²) < 4.78 is 16.2. The van der Waals surface area contributed by atoms with Crippen molar-refractivity contribution in [3.8, 4) is 17.2 Å². The summed E-state index contributed by atoms with van der Waals surface area (Å²) in [5.74, 6) is 1.30. The van der Waals surface area contributed by atoms with E-state index in [1.54, 1.807) is 38.5 Å². The molecule has 0 spiro atoms. The first-order valence-corrected chi connectivity index (χ1v) is 13.0. The number of para-hydroxylation sites is 2. The number of piperazine rings is 1. The van der Waals surface area contributed by atoms with Crippen molar-refractivity contribution in [3.05, 3.63) is 71.8 Å². The lowest BCUT2D eigenvalue weighted by molar-refractivity contribution is 0.0942. The van der Waals surface area contributed by atoms with Gasteiger partial charge in [0.05, 0.1) is 38.1 Å². The molecule has 2 N–H and O–H groups in total. The van der Waals surface area contributed by atoms with Gasteiger partial charge in [-0.15, -0.1) is 0 Å². The fourth-order valence-electron chi connectivity index (χ4n) is 4.68. The number of benzene rings is 3. The lowest BCUT2D eigenvalue weighted by Crippen LogP contribution is -2.47. The van der Waals surface area contributed by atoms with Crippen LogP contribution in [0, 0.1) is 0 Å². The molecule has 0 saturated carbocycles. The second kappa shape index (κ2) is 12.4. The van der Waals surface area contributed by atoms with Gasteiger partial charge >= 0.3 is 0 Å². The number of hydrogen-bond donors (Lipinski definition) is 2. The van der Waals surface area contributed by atoms with Crippen molar-refractivity contribution in [2.75, 3.05) is 62.6 Å². The molecule has 39 heavy (non-hydrogen) atoms. The summed E-state index contributed by atoms with van der Waals surface area (Å²) in [7, 11) is 4.74. The molecule has 0 aliphatic carbocycles. The molecule has 0 radical (unpaired) electrons. The molecule has 0 aromatic heterocycles. The van der Waals surface area contributed by atoms with Crippen molar-refractivity contribution in [3.63, 3.8) is 0 Å². The van der Waals surface area contributed by atoms with Crippen LogP contribution in [0.3, 0.4) is 0 Å². The molecule has 0 unspecified atom stereocenters. The van der Waals surface area contributed by atoms with Crippen LogP contribution in [-0.4, -0.2) is 65.4 Å². The summed E-state index contributed by atoms with van der Waals surface area (Å²) in [6.45, 7) is 6.86. The Labute approximate surface area is 229 Å². The van der Waals surface area contributed by atoms with Gasteiger partial charge in [0.2, 0.25) is 0 Å². The predicted octanol–water partition coefficient (Wildman–Crippen LogP) is 4.43. The van der Waals surface area contributed by atoms with Crippen molar-refractivity contribution in [2.45, 2.75) is 19.9 Å². The highest BCUT2D eigenvalue weighted by atomic mass is 16.5. The smallest absolute Gasteiger partial charge is 0.259 e. The van der Waals surface area contributed by atoms with Gasteiger partial charge in [0.25, 0.3) is 11.8 Å². The topological polar surface area (TPSA) is 92.4 Å². The van der Waals surface area contributed by atoms with Crippen LogP contribution in [0.15, 0.2) is 60.7 Å². The van der Waals surface area contributed by atoms with Crippen molar-refractivity contribution in [1.82, 2.24) is 5.32 Å². The third-order valence-electron chi connectivity index (χ3n) is 6.62. The molecule has 1 aliphatic heterocycles. The maximum Gasteiger partial charge on any atom is 0.259 e. The van der Waals surface area contributed by atoms with E-state index in [-0.39, 0.29) is 17.9 Å². The molecule has 1 fully saturated rings. The minimum Gasteiger partial charge on any atom is -0.497 e. The normalized spacial score (nSPS) is 13.2. The molecule has 0 atom stereocenters. The number of nitrogens with one attached hydrogen (secondary N) is 2. The fraction of sp³-hybridized carbons (Fsp3) is 0.333. The van der Waals surface area contributed by atoms with Gasteiger partial charge in [-0.2, -0.15) is 0 Å². The van der Waals surface area contributed by atoms with Crippen LogP contribution in [0.1, 0.15) is 34.6 Å². The van der Waals surface area contributed by atoms with Crippen molar-refractivity contribution in [2.24, 2.45) is 0 Å². The van der Waals surface area contributed by atoms with Crippen LogP contribution in [0.25, 0.3) is 0 Å². The van der Waals surface area contributed by atoms with E-state index in [4.69, 9.17) is 14.2 Å². The number of carbonyl (C=O) groups excluding carboxylic acids is 2. The maximum absolute atomic E-state index is 13.3. The number of methoxy groups -OCH3 is 3. The van der Waals surface area contributed by atoms with E-state index in [0.29, 0.717) is 28.3 Å². The molecule has 9 heteroatoms. The Bertz CT molecular complexity index is 1320.